The van der Waals surface area contributed by atoms with Crippen molar-refractivity contribution in [1.29, 1.82) is 0 Å². The molecule has 0 aromatic carbocycles. The third-order valence-electron chi connectivity index (χ3n) is 4.80. The van der Waals surface area contributed by atoms with Crippen LogP contribution in [-0.2, 0) is 4.79 Å². The maximum atomic E-state index is 12.8. The lowest BCUT2D eigenvalue weighted by atomic mass is 9.99. The van der Waals surface area contributed by atoms with Gasteiger partial charge in [0, 0.05) is 25.2 Å². The maximum Gasteiger partial charge on any atom is 0.243 e. The Balaban J connectivity index is 2.81. The topological polar surface area (TPSA) is 35.6 Å². The molecule has 1 heterocycles. The molecule has 4 nitrogen and oxygen atoms in total. The molecule has 0 saturated carbocycles. The SMILES string of the molecule is CCC1(C)NC(C(C)C)N(CCN(C(C)C)C(C)C)C1=O. The summed E-state index contributed by atoms with van der Waals surface area (Å²) in [6.07, 6.45) is 0.993. The summed E-state index contributed by atoms with van der Waals surface area (Å²) < 4.78 is 0. The lowest BCUT2D eigenvalue weighted by molar-refractivity contribution is -0.133. The molecule has 2 unspecified atom stereocenters. The van der Waals surface area contributed by atoms with Gasteiger partial charge >= 0.3 is 0 Å². The van der Waals surface area contributed by atoms with E-state index in [-0.39, 0.29) is 12.1 Å². The van der Waals surface area contributed by atoms with Gasteiger partial charge in [0.15, 0.2) is 0 Å². The number of hydrogen-bond acceptors (Lipinski definition) is 3. The first-order chi connectivity index (χ1) is 9.64. The number of hydrogen-bond donors (Lipinski definition) is 1. The van der Waals surface area contributed by atoms with Gasteiger partial charge in [-0.2, -0.15) is 0 Å². The van der Waals surface area contributed by atoms with Crippen LogP contribution in [0.2, 0.25) is 0 Å². The van der Waals surface area contributed by atoms with Crippen LogP contribution in [0.4, 0.5) is 0 Å². The van der Waals surface area contributed by atoms with E-state index in [1.165, 1.54) is 0 Å². The maximum absolute atomic E-state index is 12.8. The van der Waals surface area contributed by atoms with Crippen LogP contribution in [0.5, 0.6) is 0 Å². The van der Waals surface area contributed by atoms with Gasteiger partial charge in [0.1, 0.15) is 0 Å². The van der Waals surface area contributed by atoms with E-state index in [1.54, 1.807) is 0 Å². The van der Waals surface area contributed by atoms with Crippen LogP contribution >= 0.6 is 0 Å². The van der Waals surface area contributed by atoms with Gasteiger partial charge in [-0.1, -0.05) is 20.8 Å². The van der Waals surface area contributed by atoms with Crippen molar-refractivity contribution in [3.63, 3.8) is 0 Å². The smallest absolute Gasteiger partial charge is 0.243 e. The van der Waals surface area contributed by atoms with Crippen LogP contribution in [0, 0.1) is 5.92 Å². The number of amides is 1. The highest BCUT2D eigenvalue weighted by molar-refractivity contribution is 5.88. The first kappa shape index (κ1) is 18.4. The summed E-state index contributed by atoms with van der Waals surface area (Å²) >= 11 is 0. The molecule has 0 spiro atoms. The Kier molecular flexibility index (Phi) is 6.23. The second kappa shape index (κ2) is 7.10. The summed E-state index contributed by atoms with van der Waals surface area (Å²) in [4.78, 5) is 17.3. The summed E-state index contributed by atoms with van der Waals surface area (Å²) in [5, 5.41) is 3.56. The molecule has 1 aliphatic heterocycles. The molecule has 0 aromatic heterocycles. The fourth-order valence-electron chi connectivity index (χ4n) is 3.27. The Hall–Kier alpha value is -0.610. The molecular weight excluding hydrogens is 262 g/mol. The molecule has 1 fully saturated rings. The lowest BCUT2D eigenvalue weighted by Crippen LogP contribution is -2.47. The molecule has 4 heteroatoms. The predicted molar refractivity (Wildman–Crippen MR) is 89.1 cm³/mol. The molecule has 0 aliphatic carbocycles. The molecule has 0 aromatic rings. The van der Waals surface area contributed by atoms with Crippen LogP contribution < -0.4 is 5.32 Å². The second-order valence-corrected chi connectivity index (χ2v) is 7.44. The number of carbonyl (C=O) groups is 1. The van der Waals surface area contributed by atoms with Gasteiger partial charge in [-0.3, -0.25) is 15.0 Å². The first-order valence-corrected chi connectivity index (χ1v) is 8.48. The molecule has 1 saturated heterocycles. The van der Waals surface area contributed by atoms with Gasteiger partial charge in [0.25, 0.3) is 0 Å². The van der Waals surface area contributed by atoms with Crippen molar-refractivity contribution in [3.05, 3.63) is 0 Å². The van der Waals surface area contributed by atoms with Crippen molar-refractivity contribution in [2.24, 2.45) is 5.92 Å². The highest BCUT2D eigenvalue weighted by Gasteiger charge is 2.47. The standard InChI is InChI=1S/C17H35N3O/c1-9-17(8)16(21)20(15(18-17)12(2)3)11-10-19(13(4)5)14(6)7/h12-15,18H,9-11H2,1-8H3. The Labute approximate surface area is 131 Å². The lowest BCUT2D eigenvalue weighted by Gasteiger charge is -2.34. The molecule has 0 bridgehead atoms. The summed E-state index contributed by atoms with van der Waals surface area (Å²) in [6, 6.07) is 1.01. The number of nitrogens with zero attached hydrogens (tertiary/aromatic N) is 2. The molecule has 21 heavy (non-hydrogen) atoms. The van der Waals surface area contributed by atoms with Crippen molar-refractivity contribution in [3.8, 4) is 0 Å². The van der Waals surface area contributed by atoms with Gasteiger partial charge in [0.05, 0.1) is 11.7 Å². The van der Waals surface area contributed by atoms with Crippen LogP contribution in [-0.4, -0.2) is 52.6 Å². The summed E-state index contributed by atoms with van der Waals surface area (Å²) in [5.41, 5.74) is -0.393. The van der Waals surface area contributed by atoms with Crippen molar-refractivity contribution in [1.82, 2.24) is 15.1 Å². The van der Waals surface area contributed by atoms with Gasteiger partial charge < -0.3 is 4.90 Å². The van der Waals surface area contributed by atoms with E-state index in [0.717, 1.165) is 19.5 Å². The number of carbonyl (C=O) groups excluding carboxylic acids is 1. The summed E-state index contributed by atoms with van der Waals surface area (Å²) in [7, 11) is 0. The normalized spacial score (nSPS) is 27.0. The van der Waals surface area contributed by atoms with Crippen LogP contribution in [0.3, 0.4) is 0 Å². The zero-order valence-electron chi connectivity index (χ0n) is 15.2. The second-order valence-electron chi connectivity index (χ2n) is 7.44. The van der Waals surface area contributed by atoms with Crippen LogP contribution in [0.25, 0.3) is 0 Å². The van der Waals surface area contributed by atoms with E-state index in [4.69, 9.17) is 0 Å². The predicted octanol–water partition coefficient (Wildman–Crippen LogP) is 2.69. The van der Waals surface area contributed by atoms with Gasteiger partial charge in [-0.15, -0.1) is 0 Å². The Bertz CT molecular complexity index is 346. The number of nitrogens with one attached hydrogen (secondary N) is 1. The van der Waals surface area contributed by atoms with Crippen LogP contribution in [0.1, 0.15) is 61.8 Å². The summed E-state index contributed by atoms with van der Waals surface area (Å²) in [5.74, 6) is 0.685. The molecule has 0 radical (unpaired) electrons. The molecule has 1 amide bonds. The van der Waals surface area contributed by atoms with Crippen LogP contribution in [0.15, 0.2) is 0 Å². The van der Waals surface area contributed by atoms with Gasteiger partial charge in [0.2, 0.25) is 5.91 Å². The zero-order chi connectivity index (χ0) is 16.4. The van der Waals surface area contributed by atoms with Gasteiger partial charge in [-0.25, -0.2) is 0 Å². The van der Waals surface area contributed by atoms with Crippen molar-refractivity contribution < 1.29 is 4.79 Å². The third kappa shape index (κ3) is 3.98. The molecule has 1 N–H and O–H groups in total. The van der Waals surface area contributed by atoms with E-state index in [9.17, 15) is 4.79 Å². The average molecular weight is 297 g/mol. The average Bonchev–Trinajstić information content (AvgIpc) is 2.63. The third-order valence-corrected chi connectivity index (χ3v) is 4.80. The minimum atomic E-state index is -0.393. The number of rotatable bonds is 7. The van der Waals surface area contributed by atoms with Gasteiger partial charge in [-0.05, 0) is 47.0 Å². The largest absolute Gasteiger partial charge is 0.324 e. The molecular formula is C17H35N3O. The Morgan fingerprint density at radius 3 is 2.10 bits per heavy atom. The van der Waals surface area contributed by atoms with E-state index < -0.39 is 5.54 Å². The molecule has 124 valence electrons. The molecule has 1 rings (SSSR count). The fourth-order valence-corrected chi connectivity index (χ4v) is 3.27. The molecule has 2 atom stereocenters. The quantitative estimate of drug-likeness (QED) is 0.785. The highest BCUT2D eigenvalue weighted by atomic mass is 16.2. The Morgan fingerprint density at radius 1 is 1.19 bits per heavy atom. The van der Waals surface area contributed by atoms with E-state index in [2.05, 4.69) is 63.6 Å². The van der Waals surface area contributed by atoms with E-state index >= 15 is 0 Å². The first-order valence-electron chi connectivity index (χ1n) is 8.48. The van der Waals surface area contributed by atoms with E-state index in [1.807, 2.05) is 6.92 Å². The minimum absolute atomic E-state index is 0.156. The van der Waals surface area contributed by atoms with Crippen molar-refractivity contribution in [2.45, 2.75) is 85.6 Å². The summed E-state index contributed by atoms with van der Waals surface area (Å²) in [6.45, 7) is 19.1. The van der Waals surface area contributed by atoms with E-state index in [0.29, 0.717) is 18.0 Å². The minimum Gasteiger partial charge on any atom is -0.324 e. The Morgan fingerprint density at radius 2 is 1.71 bits per heavy atom. The van der Waals surface area contributed by atoms with Crippen molar-refractivity contribution in [2.75, 3.05) is 13.1 Å². The zero-order valence-corrected chi connectivity index (χ0v) is 15.2. The fraction of sp³-hybridized carbons (Fsp3) is 0.941. The van der Waals surface area contributed by atoms with Crippen molar-refractivity contribution >= 4 is 5.91 Å². The molecule has 1 aliphatic rings. The monoisotopic (exact) mass is 297 g/mol. The highest BCUT2D eigenvalue weighted by Crippen LogP contribution is 2.27.